The Morgan fingerprint density at radius 2 is 2.07 bits per heavy atom. The van der Waals surface area contributed by atoms with Crippen LogP contribution >= 0.6 is 21.6 Å². The molecule has 2 heterocycles. The molecule has 1 aromatic heterocycles. The first kappa shape index (κ1) is 23.2. The smallest absolute Gasteiger partial charge is 0.333 e. The van der Waals surface area contributed by atoms with Gasteiger partial charge in [-0.2, -0.15) is 0 Å². The van der Waals surface area contributed by atoms with E-state index in [1.807, 2.05) is 18.2 Å². The van der Waals surface area contributed by atoms with Crippen molar-refractivity contribution in [1.29, 1.82) is 0 Å². The van der Waals surface area contributed by atoms with Gasteiger partial charge in [-0.15, -0.1) is 5.06 Å². The van der Waals surface area contributed by atoms with Crippen LogP contribution in [-0.4, -0.2) is 46.0 Å². The van der Waals surface area contributed by atoms with Crippen LogP contribution in [-0.2, 0) is 24.0 Å². The Morgan fingerprint density at radius 3 is 2.76 bits per heavy atom. The van der Waals surface area contributed by atoms with Gasteiger partial charge in [0.15, 0.2) is 0 Å². The molecule has 1 atom stereocenters. The summed E-state index contributed by atoms with van der Waals surface area (Å²) in [5, 5.41) is 4.36. The van der Waals surface area contributed by atoms with Crippen molar-refractivity contribution in [2.24, 2.45) is 5.92 Å². The summed E-state index contributed by atoms with van der Waals surface area (Å²) in [6, 6.07) is 5.71. The average Bonchev–Trinajstić information content (AvgIpc) is 2.94. The van der Waals surface area contributed by atoms with Crippen LogP contribution in [0, 0.1) is 5.92 Å². The molecule has 1 saturated heterocycles. The van der Waals surface area contributed by atoms with Gasteiger partial charge in [0.05, 0.1) is 0 Å². The maximum Gasteiger partial charge on any atom is 0.333 e. The first-order chi connectivity index (χ1) is 14.0. The van der Waals surface area contributed by atoms with Crippen LogP contribution in [0.5, 0.6) is 0 Å². The predicted octanol–water partition coefficient (Wildman–Crippen LogP) is 2.74. The number of carbonyl (C=O) groups excluding carboxylic acids is 4. The lowest BCUT2D eigenvalue weighted by atomic mass is 10.1. The maximum absolute atomic E-state index is 11.8. The van der Waals surface area contributed by atoms with Crippen LogP contribution in [0.1, 0.15) is 45.4 Å². The number of rotatable bonds is 12. The number of nitrogens with zero attached hydrogens (tertiary/aromatic N) is 2. The zero-order valence-corrected chi connectivity index (χ0v) is 17.9. The molecule has 1 N–H and O–H groups in total. The van der Waals surface area contributed by atoms with E-state index in [9.17, 15) is 19.2 Å². The molecule has 1 aromatic rings. The SMILES string of the molecule is CC1CC(=O)N(OC(=O)CCCCCNC(=O)CCSSc2ccccn2)C1=O. The Balaban J connectivity index is 1.45. The number of pyridine rings is 1. The standard InChI is InChI=1S/C19H25N3O5S2/c1-14-13-17(24)22(19(14)26)27-18(25)8-3-2-5-10-20-15(23)9-12-28-29-16-7-4-6-11-21-16/h4,6-7,11,14H,2-3,5,8-10,12-13H2,1H3,(H,20,23). The van der Waals surface area contributed by atoms with Crippen LogP contribution in [0.4, 0.5) is 0 Å². The maximum atomic E-state index is 11.8. The van der Waals surface area contributed by atoms with Gasteiger partial charge in [0.25, 0.3) is 11.8 Å². The molecule has 29 heavy (non-hydrogen) atoms. The third-order valence-corrected chi connectivity index (χ3v) is 6.36. The van der Waals surface area contributed by atoms with Gasteiger partial charge in [-0.05, 0) is 35.8 Å². The summed E-state index contributed by atoms with van der Waals surface area (Å²) in [6.45, 7) is 2.17. The van der Waals surface area contributed by atoms with Crippen LogP contribution < -0.4 is 5.32 Å². The number of unbranched alkanes of at least 4 members (excludes halogenated alkanes) is 2. The van der Waals surface area contributed by atoms with Crippen LogP contribution in [0.15, 0.2) is 29.4 Å². The number of nitrogens with one attached hydrogen (secondary N) is 1. The Morgan fingerprint density at radius 1 is 1.24 bits per heavy atom. The fourth-order valence-electron chi connectivity index (χ4n) is 2.52. The van der Waals surface area contributed by atoms with Crippen molar-refractivity contribution in [3.63, 3.8) is 0 Å². The Bertz CT molecular complexity index is 717. The number of hydrogen-bond donors (Lipinski definition) is 1. The number of hydroxylamine groups is 2. The molecule has 0 saturated carbocycles. The normalized spacial score (nSPS) is 16.2. The van der Waals surface area contributed by atoms with Gasteiger partial charge in [0, 0.05) is 43.7 Å². The molecular formula is C19H25N3O5S2. The average molecular weight is 440 g/mol. The van der Waals surface area contributed by atoms with Crippen molar-refractivity contribution in [1.82, 2.24) is 15.4 Å². The summed E-state index contributed by atoms with van der Waals surface area (Å²) < 4.78 is 0. The fourth-order valence-corrected chi connectivity index (χ4v) is 4.39. The van der Waals surface area contributed by atoms with Crippen molar-refractivity contribution in [2.75, 3.05) is 12.3 Å². The van der Waals surface area contributed by atoms with Crippen LogP contribution in [0.2, 0.25) is 0 Å². The Labute approximate surface area is 177 Å². The van der Waals surface area contributed by atoms with E-state index in [1.54, 1.807) is 34.7 Å². The second kappa shape index (κ2) is 12.5. The van der Waals surface area contributed by atoms with Crippen molar-refractivity contribution in [3.8, 4) is 0 Å². The van der Waals surface area contributed by atoms with Crippen molar-refractivity contribution in [2.45, 2.75) is 50.5 Å². The molecule has 0 spiro atoms. The highest BCUT2D eigenvalue weighted by Gasteiger charge is 2.38. The van der Waals surface area contributed by atoms with E-state index in [0.29, 0.717) is 30.2 Å². The summed E-state index contributed by atoms with van der Waals surface area (Å²) >= 11 is 0. The quantitative estimate of drug-likeness (QED) is 0.301. The Hall–Kier alpha value is -2.07. The molecule has 8 nitrogen and oxygen atoms in total. The van der Waals surface area contributed by atoms with Crippen molar-refractivity contribution >= 4 is 45.3 Å². The van der Waals surface area contributed by atoms with Gasteiger partial charge in [0.2, 0.25) is 5.91 Å². The van der Waals surface area contributed by atoms with E-state index in [2.05, 4.69) is 10.3 Å². The third-order valence-electron chi connectivity index (χ3n) is 4.10. The van der Waals surface area contributed by atoms with Gasteiger partial charge in [0.1, 0.15) is 5.03 Å². The molecule has 2 rings (SSSR count). The van der Waals surface area contributed by atoms with Crippen molar-refractivity contribution in [3.05, 3.63) is 24.4 Å². The van der Waals surface area contributed by atoms with E-state index >= 15 is 0 Å². The topological polar surface area (TPSA) is 106 Å². The minimum Gasteiger partial charge on any atom is -0.356 e. The summed E-state index contributed by atoms with van der Waals surface area (Å²) in [4.78, 5) is 55.8. The molecular weight excluding hydrogens is 414 g/mol. The minimum absolute atomic E-state index is 0.00120. The van der Waals surface area contributed by atoms with Gasteiger partial charge < -0.3 is 10.2 Å². The highest BCUT2D eigenvalue weighted by molar-refractivity contribution is 8.76. The molecule has 0 radical (unpaired) electrons. The molecule has 158 valence electrons. The number of imide groups is 1. The van der Waals surface area contributed by atoms with E-state index in [4.69, 9.17) is 4.84 Å². The van der Waals surface area contributed by atoms with Crippen LogP contribution in [0.25, 0.3) is 0 Å². The number of amides is 3. The number of hydrogen-bond acceptors (Lipinski definition) is 8. The highest BCUT2D eigenvalue weighted by atomic mass is 33.1. The minimum atomic E-state index is -0.590. The third kappa shape index (κ3) is 8.45. The molecule has 3 amide bonds. The lowest BCUT2D eigenvalue weighted by molar-refractivity contribution is -0.198. The lowest BCUT2D eigenvalue weighted by Gasteiger charge is -2.13. The number of aromatic nitrogens is 1. The molecule has 1 unspecified atom stereocenters. The predicted molar refractivity (Wildman–Crippen MR) is 110 cm³/mol. The second-order valence-electron chi connectivity index (χ2n) is 6.58. The zero-order chi connectivity index (χ0) is 21.1. The lowest BCUT2D eigenvalue weighted by Crippen LogP contribution is -2.33. The summed E-state index contributed by atoms with van der Waals surface area (Å²) in [5.74, 6) is -1.28. The zero-order valence-electron chi connectivity index (χ0n) is 16.3. The molecule has 0 bridgehead atoms. The van der Waals surface area contributed by atoms with Crippen LogP contribution in [0.3, 0.4) is 0 Å². The first-order valence-corrected chi connectivity index (χ1v) is 11.8. The largest absolute Gasteiger partial charge is 0.356 e. The van der Waals surface area contributed by atoms with E-state index in [-0.39, 0.29) is 18.7 Å². The molecule has 1 aliphatic heterocycles. The van der Waals surface area contributed by atoms with Gasteiger partial charge in [-0.25, -0.2) is 9.78 Å². The summed E-state index contributed by atoms with van der Waals surface area (Å²) in [6.07, 6.45) is 4.42. The van der Waals surface area contributed by atoms with Gasteiger partial charge in [-0.3, -0.25) is 14.4 Å². The van der Waals surface area contributed by atoms with E-state index in [0.717, 1.165) is 17.9 Å². The Kier molecular flexibility index (Phi) is 9.99. The fraction of sp³-hybridized carbons (Fsp3) is 0.526. The van der Waals surface area contributed by atoms with E-state index in [1.165, 1.54) is 0 Å². The molecule has 0 aliphatic carbocycles. The van der Waals surface area contributed by atoms with Gasteiger partial charge >= 0.3 is 5.97 Å². The second-order valence-corrected chi connectivity index (χ2v) is 9.01. The van der Waals surface area contributed by atoms with Gasteiger partial charge in [-0.1, -0.05) is 30.2 Å². The molecule has 0 aromatic carbocycles. The summed E-state index contributed by atoms with van der Waals surface area (Å²) in [5.41, 5.74) is 0. The summed E-state index contributed by atoms with van der Waals surface area (Å²) in [7, 11) is 3.14. The highest BCUT2D eigenvalue weighted by Crippen LogP contribution is 2.29. The molecule has 1 fully saturated rings. The monoisotopic (exact) mass is 439 g/mol. The first-order valence-electron chi connectivity index (χ1n) is 9.52. The van der Waals surface area contributed by atoms with E-state index < -0.39 is 23.7 Å². The molecule has 10 heteroatoms. The van der Waals surface area contributed by atoms with Crippen molar-refractivity contribution < 1.29 is 24.0 Å². The molecule has 1 aliphatic rings. The number of carbonyl (C=O) groups is 4.